The first-order chi connectivity index (χ1) is 14.9. The Bertz CT molecular complexity index is 1170. The van der Waals surface area contributed by atoms with E-state index in [0.29, 0.717) is 5.56 Å². The molecule has 2 atom stereocenters. The van der Waals surface area contributed by atoms with Crippen LogP contribution in [0.25, 0.3) is 0 Å². The van der Waals surface area contributed by atoms with Crippen LogP contribution in [0.4, 0.5) is 4.39 Å². The van der Waals surface area contributed by atoms with E-state index in [4.69, 9.17) is 0 Å². The summed E-state index contributed by atoms with van der Waals surface area (Å²) in [6, 6.07) is 13.7. The number of hydrogen-bond donors (Lipinski definition) is 2. The fourth-order valence-corrected chi connectivity index (χ4v) is 4.98. The number of nitrogens with zero attached hydrogens (tertiary/aromatic N) is 1. The zero-order valence-corrected chi connectivity index (χ0v) is 17.5. The standard InChI is InChI=1S/C23H22FN3O3S/c24-18-9-11-19(12-10-18)31(29,30)27-22(16-5-2-1-3-6-16)23(28)26-21-8-4-7-17-15-25-14-13-20(17)21/h1-3,5-6,9-15,21-22,27H,4,7-8H2,(H,26,28). The van der Waals surface area contributed by atoms with Crippen LogP contribution in [-0.2, 0) is 21.2 Å². The Morgan fingerprint density at radius 2 is 1.81 bits per heavy atom. The molecular formula is C23H22FN3O3S. The van der Waals surface area contributed by atoms with Gasteiger partial charge >= 0.3 is 0 Å². The number of aromatic nitrogens is 1. The highest BCUT2D eigenvalue weighted by molar-refractivity contribution is 7.89. The molecule has 1 aliphatic carbocycles. The molecule has 4 rings (SSSR count). The SMILES string of the molecule is O=C(NC1CCCc2cnccc21)C(NS(=O)(=O)c1ccc(F)cc1)c1ccccc1. The molecule has 2 N–H and O–H groups in total. The van der Waals surface area contributed by atoms with Crippen LogP contribution in [0.3, 0.4) is 0 Å². The Labute approximate surface area is 180 Å². The van der Waals surface area contributed by atoms with Crippen LogP contribution in [0, 0.1) is 5.82 Å². The van der Waals surface area contributed by atoms with Crippen LogP contribution < -0.4 is 10.0 Å². The van der Waals surface area contributed by atoms with Gasteiger partial charge in [-0.3, -0.25) is 9.78 Å². The van der Waals surface area contributed by atoms with E-state index < -0.39 is 27.8 Å². The van der Waals surface area contributed by atoms with Crippen LogP contribution >= 0.6 is 0 Å². The number of rotatable bonds is 6. The van der Waals surface area contributed by atoms with Crippen molar-refractivity contribution in [1.82, 2.24) is 15.0 Å². The first-order valence-electron chi connectivity index (χ1n) is 10.00. The lowest BCUT2D eigenvalue weighted by Gasteiger charge is -2.28. The van der Waals surface area contributed by atoms with Gasteiger partial charge in [0.15, 0.2) is 0 Å². The number of amides is 1. The Hall–Kier alpha value is -3.10. The molecule has 0 spiro atoms. The molecule has 0 radical (unpaired) electrons. The van der Waals surface area contributed by atoms with E-state index >= 15 is 0 Å². The van der Waals surface area contributed by atoms with Gasteiger partial charge < -0.3 is 5.32 Å². The molecule has 0 saturated heterocycles. The van der Waals surface area contributed by atoms with Gasteiger partial charge in [0.05, 0.1) is 10.9 Å². The highest BCUT2D eigenvalue weighted by atomic mass is 32.2. The largest absolute Gasteiger partial charge is 0.348 e. The molecule has 8 heteroatoms. The quantitative estimate of drug-likeness (QED) is 0.616. The second kappa shape index (κ2) is 8.95. The lowest BCUT2D eigenvalue weighted by Crippen LogP contribution is -2.42. The van der Waals surface area contributed by atoms with E-state index in [1.165, 1.54) is 12.1 Å². The van der Waals surface area contributed by atoms with Gasteiger partial charge in [0, 0.05) is 12.4 Å². The molecule has 0 aliphatic heterocycles. The first kappa shape index (κ1) is 21.1. The van der Waals surface area contributed by atoms with Gasteiger partial charge in [0.25, 0.3) is 0 Å². The van der Waals surface area contributed by atoms with E-state index in [1.54, 1.807) is 42.7 Å². The average molecular weight is 440 g/mol. The normalized spacial score (nSPS) is 16.9. The van der Waals surface area contributed by atoms with E-state index in [2.05, 4.69) is 15.0 Å². The van der Waals surface area contributed by atoms with Crippen LogP contribution in [0.2, 0.25) is 0 Å². The summed E-state index contributed by atoms with van der Waals surface area (Å²) >= 11 is 0. The molecule has 1 aromatic heterocycles. The van der Waals surface area contributed by atoms with Gasteiger partial charge in [-0.25, -0.2) is 12.8 Å². The predicted molar refractivity (Wildman–Crippen MR) is 114 cm³/mol. The highest BCUT2D eigenvalue weighted by Crippen LogP contribution is 2.30. The molecule has 1 aliphatic rings. The minimum Gasteiger partial charge on any atom is -0.348 e. The summed E-state index contributed by atoms with van der Waals surface area (Å²) < 4.78 is 41.5. The smallest absolute Gasteiger partial charge is 0.243 e. The summed E-state index contributed by atoms with van der Waals surface area (Å²) in [5.74, 6) is -0.992. The maximum atomic E-state index is 13.3. The number of benzene rings is 2. The number of sulfonamides is 1. The molecule has 0 fully saturated rings. The molecule has 0 bridgehead atoms. The first-order valence-corrected chi connectivity index (χ1v) is 11.5. The predicted octanol–water partition coefficient (Wildman–Crippen LogP) is 3.43. The van der Waals surface area contributed by atoms with Crippen molar-refractivity contribution in [3.05, 3.63) is 95.6 Å². The van der Waals surface area contributed by atoms with Crippen LogP contribution in [-0.4, -0.2) is 19.3 Å². The fourth-order valence-electron chi connectivity index (χ4n) is 3.80. The molecular weight excluding hydrogens is 417 g/mol. The molecule has 3 aromatic rings. The third-order valence-corrected chi connectivity index (χ3v) is 6.80. The summed E-state index contributed by atoms with van der Waals surface area (Å²) in [5, 5.41) is 3.00. The highest BCUT2D eigenvalue weighted by Gasteiger charge is 2.30. The van der Waals surface area contributed by atoms with Crippen LogP contribution in [0.5, 0.6) is 0 Å². The summed E-state index contributed by atoms with van der Waals surface area (Å²) in [5.41, 5.74) is 2.60. The number of fused-ring (bicyclic) bond motifs is 1. The van der Waals surface area contributed by atoms with Crippen molar-refractivity contribution in [2.45, 2.75) is 36.2 Å². The molecule has 1 heterocycles. The number of carbonyl (C=O) groups is 1. The number of aryl methyl sites for hydroxylation is 1. The maximum Gasteiger partial charge on any atom is 0.243 e. The van der Waals surface area contributed by atoms with Gasteiger partial charge in [-0.05, 0) is 66.3 Å². The lowest BCUT2D eigenvalue weighted by molar-refractivity contribution is -0.123. The van der Waals surface area contributed by atoms with Crippen molar-refractivity contribution in [3.8, 4) is 0 Å². The molecule has 2 aromatic carbocycles. The third kappa shape index (κ3) is 4.81. The Kier molecular flexibility index (Phi) is 6.11. The monoisotopic (exact) mass is 439 g/mol. The van der Waals surface area contributed by atoms with Gasteiger partial charge in [-0.2, -0.15) is 4.72 Å². The minimum atomic E-state index is -4.06. The maximum absolute atomic E-state index is 13.3. The summed E-state index contributed by atoms with van der Waals surface area (Å²) in [7, 11) is -4.06. The third-order valence-electron chi connectivity index (χ3n) is 5.36. The number of halogens is 1. The second-order valence-corrected chi connectivity index (χ2v) is 9.16. The van der Waals surface area contributed by atoms with Crippen molar-refractivity contribution < 1.29 is 17.6 Å². The molecule has 6 nitrogen and oxygen atoms in total. The van der Waals surface area contributed by atoms with Crippen molar-refractivity contribution in [2.24, 2.45) is 0 Å². The van der Waals surface area contributed by atoms with Crippen LogP contribution in [0.15, 0.2) is 78.0 Å². The molecule has 1 amide bonds. The fraction of sp³-hybridized carbons (Fsp3) is 0.217. The minimum absolute atomic E-state index is 0.114. The van der Waals surface area contributed by atoms with Crippen LogP contribution in [0.1, 0.15) is 41.6 Å². The zero-order chi connectivity index (χ0) is 21.8. The number of hydrogen-bond acceptors (Lipinski definition) is 4. The van der Waals surface area contributed by atoms with Gasteiger partial charge in [0.1, 0.15) is 11.9 Å². The van der Waals surface area contributed by atoms with E-state index in [-0.39, 0.29) is 10.9 Å². The number of pyridine rings is 1. The lowest BCUT2D eigenvalue weighted by atomic mass is 9.89. The summed E-state index contributed by atoms with van der Waals surface area (Å²) in [4.78, 5) is 17.3. The topological polar surface area (TPSA) is 88.2 Å². The van der Waals surface area contributed by atoms with Crippen molar-refractivity contribution in [1.29, 1.82) is 0 Å². The zero-order valence-electron chi connectivity index (χ0n) is 16.7. The summed E-state index contributed by atoms with van der Waals surface area (Å²) in [6.07, 6.45) is 6.06. The Morgan fingerprint density at radius 1 is 1.06 bits per heavy atom. The van der Waals surface area contributed by atoms with Gasteiger partial charge in [0.2, 0.25) is 15.9 Å². The van der Waals surface area contributed by atoms with Crippen molar-refractivity contribution in [3.63, 3.8) is 0 Å². The molecule has 31 heavy (non-hydrogen) atoms. The van der Waals surface area contributed by atoms with E-state index in [0.717, 1.165) is 42.5 Å². The number of nitrogens with one attached hydrogen (secondary N) is 2. The van der Waals surface area contributed by atoms with Gasteiger partial charge in [-0.1, -0.05) is 30.3 Å². The summed E-state index contributed by atoms with van der Waals surface area (Å²) in [6.45, 7) is 0. The van der Waals surface area contributed by atoms with Crippen molar-refractivity contribution >= 4 is 15.9 Å². The molecule has 0 saturated carbocycles. The Morgan fingerprint density at radius 3 is 2.55 bits per heavy atom. The Balaban J connectivity index is 1.62. The molecule has 2 unspecified atom stereocenters. The van der Waals surface area contributed by atoms with Crippen molar-refractivity contribution in [2.75, 3.05) is 0 Å². The number of carbonyl (C=O) groups excluding carboxylic acids is 1. The second-order valence-electron chi connectivity index (χ2n) is 7.45. The molecule has 160 valence electrons. The van der Waals surface area contributed by atoms with Gasteiger partial charge in [-0.15, -0.1) is 0 Å². The van der Waals surface area contributed by atoms with E-state index in [9.17, 15) is 17.6 Å². The average Bonchev–Trinajstić information content (AvgIpc) is 2.78. The van der Waals surface area contributed by atoms with E-state index in [1.807, 2.05) is 6.07 Å².